The van der Waals surface area contributed by atoms with Gasteiger partial charge in [0.25, 0.3) is 0 Å². The van der Waals surface area contributed by atoms with Crippen molar-refractivity contribution in [2.24, 2.45) is 5.73 Å². The van der Waals surface area contributed by atoms with Crippen molar-refractivity contribution >= 4 is 18.0 Å². The first-order valence-corrected chi connectivity index (χ1v) is 8.61. The minimum absolute atomic E-state index is 0.276. The molecule has 0 radical (unpaired) electrons. The second-order valence-corrected chi connectivity index (χ2v) is 6.09. The average Bonchev–Trinajstić information content (AvgIpc) is 3.33. The number of carbonyl (C=O) groups is 2. The summed E-state index contributed by atoms with van der Waals surface area (Å²) < 4.78 is 0. The maximum Gasteiger partial charge on any atom is 0.243 e. The van der Waals surface area contributed by atoms with E-state index in [9.17, 15) is 9.59 Å². The Kier molecular flexibility index (Phi) is 9.72. The van der Waals surface area contributed by atoms with E-state index in [1.165, 1.54) is 24.8 Å². The summed E-state index contributed by atoms with van der Waals surface area (Å²) in [4.78, 5) is 20.6. The molecule has 134 valence electrons. The van der Waals surface area contributed by atoms with Crippen molar-refractivity contribution in [3.8, 4) is 0 Å². The number of nitrogens with one attached hydrogen (secondary N) is 2. The molecule has 1 fully saturated rings. The van der Waals surface area contributed by atoms with Crippen LogP contribution in [0.25, 0.3) is 0 Å². The van der Waals surface area contributed by atoms with Crippen molar-refractivity contribution in [2.45, 2.75) is 63.8 Å². The maximum absolute atomic E-state index is 10.5. The third-order valence-corrected chi connectivity index (χ3v) is 4.04. The van der Waals surface area contributed by atoms with Crippen LogP contribution in [0.1, 0.15) is 63.4 Å². The molecule has 2 unspecified atom stereocenters. The van der Waals surface area contributed by atoms with Crippen LogP contribution in [0.15, 0.2) is 24.3 Å². The Labute approximate surface area is 143 Å². The van der Waals surface area contributed by atoms with Gasteiger partial charge in [-0.2, -0.15) is 0 Å². The zero-order valence-electron chi connectivity index (χ0n) is 14.3. The number of hydrogen-bond donors (Lipinski definition) is 4. The first-order valence-electron chi connectivity index (χ1n) is 8.61. The van der Waals surface area contributed by atoms with Gasteiger partial charge < -0.3 is 11.1 Å². The summed E-state index contributed by atoms with van der Waals surface area (Å²) in [6.45, 7) is 2.15. The summed E-state index contributed by atoms with van der Waals surface area (Å²) in [7, 11) is 0. The molecular formula is C18H29N3O3. The van der Waals surface area contributed by atoms with Gasteiger partial charge in [-0.1, -0.05) is 44.7 Å². The van der Waals surface area contributed by atoms with Crippen molar-refractivity contribution in [2.75, 3.05) is 5.32 Å². The van der Waals surface area contributed by atoms with Gasteiger partial charge in [0.05, 0.1) is 0 Å². The summed E-state index contributed by atoms with van der Waals surface area (Å²) in [5.74, 6) is 0.256. The highest BCUT2D eigenvalue weighted by Crippen LogP contribution is 2.39. The standard InChI is InChI=1S/C10H12N2O.C8H17NO2/c11-10-5-9(10)7-1-3-8(4-2-7)12-6-13;1-2-3-4-5-6-7-8(10)9-11/h1-4,6,9-10H,5,11H2,(H,12,13);11H,2-7H2,1H3,(H,9,10). The van der Waals surface area contributed by atoms with Crippen LogP contribution in [-0.2, 0) is 9.59 Å². The first kappa shape index (κ1) is 20.1. The van der Waals surface area contributed by atoms with Gasteiger partial charge in [0.15, 0.2) is 0 Å². The molecule has 6 nitrogen and oxygen atoms in total. The molecule has 1 aliphatic carbocycles. The summed E-state index contributed by atoms with van der Waals surface area (Å²) in [6.07, 6.45) is 7.81. The smallest absolute Gasteiger partial charge is 0.243 e. The lowest BCUT2D eigenvalue weighted by Crippen LogP contribution is -2.17. The van der Waals surface area contributed by atoms with Crippen molar-refractivity contribution in [3.63, 3.8) is 0 Å². The minimum atomic E-state index is -0.276. The molecule has 1 aromatic rings. The van der Waals surface area contributed by atoms with Gasteiger partial charge in [-0.05, 0) is 30.5 Å². The third kappa shape index (κ3) is 8.08. The van der Waals surface area contributed by atoms with E-state index in [2.05, 4.69) is 12.2 Å². The molecule has 1 saturated carbocycles. The Morgan fingerprint density at radius 1 is 1.25 bits per heavy atom. The van der Waals surface area contributed by atoms with Gasteiger partial charge >= 0.3 is 0 Å². The molecule has 0 bridgehead atoms. The SMILES string of the molecule is CCCCCCCC(=O)NO.NC1CC1c1ccc(NC=O)cc1. The Balaban J connectivity index is 0.000000245. The largest absolute Gasteiger partial charge is 0.329 e. The monoisotopic (exact) mass is 335 g/mol. The van der Waals surface area contributed by atoms with E-state index < -0.39 is 0 Å². The molecule has 0 spiro atoms. The van der Waals surface area contributed by atoms with Crippen molar-refractivity contribution in [1.29, 1.82) is 0 Å². The van der Waals surface area contributed by atoms with Crippen LogP contribution < -0.4 is 16.5 Å². The fourth-order valence-electron chi connectivity index (χ4n) is 2.44. The van der Waals surface area contributed by atoms with Gasteiger partial charge in [-0.15, -0.1) is 0 Å². The predicted octanol–water partition coefficient (Wildman–Crippen LogP) is 2.92. The molecule has 24 heavy (non-hydrogen) atoms. The number of anilines is 1. The highest BCUT2D eigenvalue weighted by Gasteiger charge is 2.34. The molecule has 6 heteroatoms. The summed E-state index contributed by atoms with van der Waals surface area (Å²) in [6, 6.07) is 8.17. The quantitative estimate of drug-likeness (QED) is 0.241. The molecule has 0 aliphatic heterocycles. The molecule has 2 amide bonds. The topological polar surface area (TPSA) is 104 Å². The average molecular weight is 335 g/mol. The van der Waals surface area contributed by atoms with Crippen LogP contribution in [0.5, 0.6) is 0 Å². The van der Waals surface area contributed by atoms with Crippen molar-refractivity contribution < 1.29 is 14.8 Å². The highest BCUT2D eigenvalue weighted by atomic mass is 16.5. The number of benzene rings is 1. The van der Waals surface area contributed by atoms with E-state index in [1.54, 1.807) is 5.48 Å². The highest BCUT2D eigenvalue weighted by molar-refractivity contribution is 5.74. The minimum Gasteiger partial charge on any atom is -0.329 e. The van der Waals surface area contributed by atoms with E-state index in [0.717, 1.165) is 24.9 Å². The molecular weight excluding hydrogens is 306 g/mol. The fraction of sp³-hybridized carbons (Fsp3) is 0.556. The number of carbonyl (C=O) groups excluding carboxylic acids is 2. The molecule has 0 saturated heterocycles. The molecule has 2 rings (SSSR count). The lowest BCUT2D eigenvalue weighted by Gasteiger charge is -2.00. The van der Waals surface area contributed by atoms with Gasteiger partial charge in [-0.3, -0.25) is 14.8 Å². The Hall–Kier alpha value is -1.92. The summed E-state index contributed by atoms with van der Waals surface area (Å²) >= 11 is 0. The lowest BCUT2D eigenvalue weighted by atomic mass is 10.1. The van der Waals surface area contributed by atoms with Crippen LogP contribution in [0, 0.1) is 0 Å². The predicted molar refractivity (Wildman–Crippen MR) is 94.8 cm³/mol. The van der Waals surface area contributed by atoms with Gasteiger partial charge in [0, 0.05) is 24.1 Å². The molecule has 1 aliphatic rings. The third-order valence-electron chi connectivity index (χ3n) is 4.04. The maximum atomic E-state index is 10.5. The number of rotatable bonds is 9. The van der Waals surface area contributed by atoms with E-state index in [4.69, 9.17) is 10.9 Å². The molecule has 2 atom stereocenters. The van der Waals surface area contributed by atoms with E-state index in [-0.39, 0.29) is 5.91 Å². The number of nitrogens with two attached hydrogens (primary N) is 1. The second-order valence-electron chi connectivity index (χ2n) is 6.09. The van der Waals surface area contributed by atoms with E-state index in [1.807, 2.05) is 24.3 Å². The van der Waals surface area contributed by atoms with Crippen LogP contribution in [0.4, 0.5) is 5.69 Å². The Morgan fingerprint density at radius 3 is 2.38 bits per heavy atom. The van der Waals surface area contributed by atoms with Gasteiger partial charge in [0.2, 0.25) is 12.3 Å². The zero-order chi connectivity index (χ0) is 17.8. The van der Waals surface area contributed by atoms with Crippen LogP contribution in [-0.4, -0.2) is 23.6 Å². The summed E-state index contributed by atoms with van der Waals surface area (Å²) in [5, 5.41) is 10.7. The molecule has 0 aromatic heterocycles. The lowest BCUT2D eigenvalue weighted by molar-refractivity contribution is -0.129. The van der Waals surface area contributed by atoms with Crippen molar-refractivity contribution in [1.82, 2.24) is 5.48 Å². The second kappa shape index (κ2) is 11.6. The fourth-order valence-corrected chi connectivity index (χ4v) is 2.44. The number of hydrogen-bond acceptors (Lipinski definition) is 4. The van der Waals surface area contributed by atoms with Gasteiger partial charge in [-0.25, -0.2) is 5.48 Å². The van der Waals surface area contributed by atoms with Gasteiger partial charge in [0.1, 0.15) is 0 Å². The van der Waals surface area contributed by atoms with Crippen LogP contribution in [0.3, 0.4) is 0 Å². The summed E-state index contributed by atoms with van der Waals surface area (Å²) in [5.41, 5.74) is 9.43. The number of unbranched alkanes of at least 4 members (excludes halogenated alkanes) is 4. The molecule has 1 aromatic carbocycles. The van der Waals surface area contributed by atoms with Crippen molar-refractivity contribution in [3.05, 3.63) is 29.8 Å². The normalized spacial score (nSPS) is 18.1. The number of hydroxylamine groups is 1. The Bertz CT molecular complexity index is 491. The Morgan fingerprint density at radius 2 is 1.88 bits per heavy atom. The zero-order valence-corrected chi connectivity index (χ0v) is 14.3. The van der Waals surface area contributed by atoms with Crippen LogP contribution >= 0.6 is 0 Å². The first-order chi connectivity index (χ1) is 11.6. The van der Waals surface area contributed by atoms with E-state index >= 15 is 0 Å². The molecule has 5 N–H and O–H groups in total. The number of amides is 2. The molecule has 0 heterocycles. The van der Waals surface area contributed by atoms with Crippen LogP contribution in [0.2, 0.25) is 0 Å². The van der Waals surface area contributed by atoms with E-state index in [0.29, 0.717) is 24.8 Å².